The largest absolute Gasteiger partial charge is 0.310 e. The quantitative estimate of drug-likeness (QED) is 0.166. The highest BCUT2D eigenvalue weighted by Crippen LogP contribution is 2.64. The number of thiophene rings is 1. The van der Waals surface area contributed by atoms with Gasteiger partial charge in [-0.05, 0) is 148 Å². The van der Waals surface area contributed by atoms with Crippen molar-refractivity contribution in [1.29, 1.82) is 0 Å². The fraction of sp³-hybridized carbons (Fsp3) is 0.167. The van der Waals surface area contributed by atoms with Crippen molar-refractivity contribution in [3.05, 3.63) is 257 Å². The van der Waals surface area contributed by atoms with Gasteiger partial charge in [-0.15, -0.1) is 11.3 Å². The minimum absolute atomic E-state index is 0.0337. The third-order valence-corrected chi connectivity index (χ3v) is 18.2. The van der Waals surface area contributed by atoms with Crippen molar-refractivity contribution in [2.24, 2.45) is 0 Å². The molecule has 3 aliphatic carbocycles. The second kappa shape index (κ2) is 15.9. The summed E-state index contributed by atoms with van der Waals surface area (Å²) in [5.41, 5.74) is 26.4. The van der Waals surface area contributed by atoms with Gasteiger partial charge in [0.1, 0.15) is 0 Å². The molecular formula is C72H59NS. The molecule has 0 saturated heterocycles. The van der Waals surface area contributed by atoms with E-state index in [0.717, 1.165) is 17.1 Å². The maximum Gasteiger partial charge on any atom is 0.0726 e. The molecule has 10 aromatic carbocycles. The number of hydrogen-bond acceptors (Lipinski definition) is 2. The third-order valence-electron chi connectivity index (χ3n) is 17.0. The summed E-state index contributed by atoms with van der Waals surface area (Å²) >= 11 is 1.88. The minimum atomic E-state index is -0.537. The van der Waals surface area contributed by atoms with Crippen molar-refractivity contribution in [3.8, 4) is 55.6 Å². The molecular weight excluding hydrogens is 911 g/mol. The predicted molar refractivity (Wildman–Crippen MR) is 316 cm³/mol. The van der Waals surface area contributed by atoms with Crippen LogP contribution in [0.2, 0.25) is 0 Å². The molecule has 0 aliphatic heterocycles. The van der Waals surface area contributed by atoms with Crippen LogP contribution in [-0.4, -0.2) is 0 Å². The Bertz CT molecular complexity index is 4060. The van der Waals surface area contributed by atoms with E-state index in [4.69, 9.17) is 0 Å². The van der Waals surface area contributed by atoms with Crippen LogP contribution in [-0.2, 0) is 21.7 Å². The third kappa shape index (κ3) is 6.40. The lowest BCUT2D eigenvalue weighted by Crippen LogP contribution is -2.27. The standard InChI is InChI=1S/C72H59NS/c1-69(2,3)46-31-37-51-52-38-32-47(70(4,5)6)42-63(52)72(62(51)41-46)60-24-14-9-18-50(60)53-39-35-49(43-64(53)72)73(48-33-28-44(29-34-48)45-30-36-56-55-20-12-16-27-66(55)74-67(56)40-45)65-26-15-11-19-54(65)57-22-17-25-61-68(57)58-21-10-13-23-59(58)71(61,7)8/h9-43H,1-8H3. The van der Waals surface area contributed by atoms with E-state index in [9.17, 15) is 0 Å². The first-order valence-electron chi connectivity index (χ1n) is 26.4. The van der Waals surface area contributed by atoms with Gasteiger partial charge in [0.15, 0.2) is 0 Å². The highest BCUT2D eigenvalue weighted by Gasteiger charge is 2.52. The first-order valence-corrected chi connectivity index (χ1v) is 27.2. The van der Waals surface area contributed by atoms with Crippen LogP contribution in [0.3, 0.4) is 0 Å². The molecule has 74 heavy (non-hydrogen) atoms. The second-order valence-electron chi connectivity index (χ2n) is 23.7. The van der Waals surface area contributed by atoms with E-state index < -0.39 is 5.41 Å². The molecule has 1 nitrogen and oxygen atoms in total. The van der Waals surface area contributed by atoms with E-state index in [0.29, 0.717) is 0 Å². The zero-order valence-electron chi connectivity index (χ0n) is 43.6. The summed E-state index contributed by atoms with van der Waals surface area (Å²) in [7, 11) is 0. The minimum Gasteiger partial charge on any atom is -0.310 e. The zero-order chi connectivity index (χ0) is 50.5. The molecule has 14 rings (SSSR count). The molecule has 0 saturated carbocycles. The molecule has 0 fully saturated rings. The van der Waals surface area contributed by atoms with E-state index in [2.05, 4.69) is 273 Å². The summed E-state index contributed by atoms with van der Waals surface area (Å²) in [6.07, 6.45) is 0. The topological polar surface area (TPSA) is 3.24 Å². The molecule has 1 aromatic heterocycles. The molecule has 1 spiro atoms. The lowest BCUT2D eigenvalue weighted by atomic mass is 9.68. The lowest BCUT2D eigenvalue weighted by molar-refractivity contribution is 0.586. The van der Waals surface area contributed by atoms with Gasteiger partial charge in [0.05, 0.1) is 11.1 Å². The van der Waals surface area contributed by atoms with Gasteiger partial charge in [0.25, 0.3) is 0 Å². The monoisotopic (exact) mass is 969 g/mol. The number of anilines is 3. The number of fused-ring (bicyclic) bond motifs is 16. The van der Waals surface area contributed by atoms with Crippen molar-refractivity contribution >= 4 is 48.6 Å². The Morgan fingerprint density at radius 2 is 0.865 bits per heavy atom. The summed E-state index contributed by atoms with van der Waals surface area (Å²) in [6, 6.07) is 81.6. The maximum atomic E-state index is 2.57. The Balaban J connectivity index is 1.02. The van der Waals surface area contributed by atoms with E-state index in [1.165, 1.54) is 120 Å². The zero-order valence-corrected chi connectivity index (χ0v) is 44.4. The first kappa shape index (κ1) is 44.9. The normalized spacial score (nSPS) is 14.4. The molecule has 3 aliphatic rings. The average molecular weight is 970 g/mol. The molecule has 0 amide bonds. The van der Waals surface area contributed by atoms with Crippen LogP contribution in [0.4, 0.5) is 17.1 Å². The number of hydrogen-bond donors (Lipinski definition) is 0. The van der Waals surface area contributed by atoms with Crippen LogP contribution < -0.4 is 4.90 Å². The molecule has 1 heterocycles. The van der Waals surface area contributed by atoms with Gasteiger partial charge in [-0.2, -0.15) is 0 Å². The molecule has 0 radical (unpaired) electrons. The van der Waals surface area contributed by atoms with Gasteiger partial charge >= 0.3 is 0 Å². The number of nitrogens with zero attached hydrogens (tertiary/aromatic N) is 1. The highest BCUT2D eigenvalue weighted by atomic mass is 32.1. The van der Waals surface area contributed by atoms with Gasteiger partial charge in [-0.3, -0.25) is 0 Å². The van der Waals surface area contributed by atoms with E-state index in [1.807, 2.05) is 11.3 Å². The maximum absolute atomic E-state index is 2.57. The van der Waals surface area contributed by atoms with Crippen molar-refractivity contribution in [3.63, 3.8) is 0 Å². The van der Waals surface area contributed by atoms with Crippen LogP contribution in [0.5, 0.6) is 0 Å². The predicted octanol–water partition coefficient (Wildman–Crippen LogP) is 20.1. The SMILES string of the molecule is CC(C)(C)c1ccc2c(c1)C1(c3ccccc3-c3ccc(N(c4ccc(-c5ccc6c(c5)sc5ccccc56)cc4)c4ccccc4-c4cccc5c4-c4ccccc4C5(C)C)cc31)c1cc(C(C)(C)C)ccc1-2. The van der Waals surface area contributed by atoms with Gasteiger partial charge < -0.3 is 4.90 Å². The molecule has 358 valence electrons. The Morgan fingerprint density at radius 1 is 0.351 bits per heavy atom. The fourth-order valence-corrected chi connectivity index (χ4v) is 14.4. The Hall–Kier alpha value is -7.78. The highest BCUT2D eigenvalue weighted by molar-refractivity contribution is 7.25. The van der Waals surface area contributed by atoms with Crippen molar-refractivity contribution in [2.45, 2.75) is 77.0 Å². The van der Waals surface area contributed by atoms with E-state index in [-0.39, 0.29) is 16.2 Å². The van der Waals surface area contributed by atoms with E-state index >= 15 is 0 Å². The number of rotatable bonds is 5. The Kier molecular flexibility index (Phi) is 9.62. The molecule has 0 N–H and O–H groups in total. The molecule has 0 unspecified atom stereocenters. The van der Waals surface area contributed by atoms with Gasteiger partial charge in [-0.1, -0.05) is 225 Å². The smallest absolute Gasteiger partial charge is 0.0726 e. The van der Waals surface area contributed by atoms with Crippen LogP contribution in [0.25, 0.3) is 75.8 Å². The van der Waals surface area contributed by atoms with Gasteiger partial charge in [-0.25, -0.2) is 0 Å². The molecule has 0 bridgehead atoms. The average Bonchev–Trinajstić information content (AvgIpc) is 4.13. The van der Waals surface area contributed by atoms with Crippen molar-refractivity contribution in [2.75, 3.05) is 4.90 Å². The van der Waals surface area contributed by atoms with Gasteiger partial charge in [0.2, 0.25) is 0 Å². The molecule has 11 aromatic rings. The summed E-state index contributed by atoms with van der Waals surface area (Å²) in [4.78, 5) is 2.55. The number of para-hydroxylation sites is 1. The van der Waals surface area contributed by atoms with E-state index in [1.54, 1.807) is 0 Å². The summed E-state index contributed by atoms with van der Waals surface area (Å²) in [5, 5.41) is 2.65. The van der Waals surface area contributed by atoms with Crippen LogP contribution in [0.15, 0.2) is 212 Å². The second-order valence-corrected chi connectivity index (χ2v) is 24.7. The van der Waals surface area contributed by atoms with Crippen molar-refractivity contribution in [1.82, 2.24) is 0 Å². The fourth-order valence-electron chi connectivity index (χ4n) is 13.3. The number of benzene rings is 10. The summed E-state index contributed by atoms with van der Waals surface area (Å²) in [5.74, 6) is 0. The van der Waals surface area contributed by atoms with Crippen molar-refractivity contribution < 1.29 is 0 Å². The Labute approximate surface area is 440 Å². The Morgan fingerprint density at radius 3 is 1.57 bits per heavy atom. The lowest BCUT2D eigenvalue weighted by Gasteiger charge is -2.34. The van der Waals surface area contributed by atoms with Crippen LogP contribution in [0, 0.1) is 0 Å². The molecule has 0 atom stereocenters. The summed E-state index contributed by atoms with van der Waals surface area (Å²) < 4.78 is 2.64. The summed E-state index contributed by atoms with van der Waals surface area (Å²) in [6.45, 7) is 18.8. The first-order chi connectivity index (χ1) is 35.7. The molecule has 2 heteroatoms. The van der Waals surface area contributed by atoms with Gasteiger partial charge in [0, 0.05) is 42.5 Å². The van der Waals surface area contributed by atoms with Crippen LogP contribution in [0.1, 0.15) is 99.9 Å². The van der Waals surface area contributed by atoms with Crippen LogP contribution >= 0.6 is 11.3 Å².